The van der Waals surface area contributed by atoms with E-state index in [0.29, 0.717) is 92.5 Å². The molecule has 6 aromatic heterocycles. The zero-order valence-corrected chi connectivity index (χ0v) is 83.3. The summed E-state index contributed by atoms with van der Waals surface area (Å²) in [6.45, 7) is 16.1. The van der Waals surface area contributed by atoms with Crippen LogP contribution in [-0.2, 0) is 89.4 Å². The zero-order chi connectivity index (χ0) is 99.4. The molecule has 13 aromatic rings. The molecule has 734 valence electrons. The summed E-state index contributed by atoms with van der Waals surface area (Å²) in [4.78, 5) is 71.5. The van der Waals surface area contributed by atoms with Crippen molar-refractivity contribution in [2.45, 2.75) is 143 Å². The van der Waals surface area contributed by atoms with Crippen molar-refractivity contribution in [2.75, 3.05) is 73.3 Å². The van der Waals surface area contributed by atoms with Gasteiger partial charge in [0.2, 0.25) is 11.8 Å². The summed E-state index contributed by atoms with van der Waals surface area (Å²) >= 11 is 6.56. The number of aromatic nitrogens is 9. The number of nitrogens with zero attached hydrogens (tertiary/aromatic N) is 12. The number of rotatable bonds is 26. The Bertz CT molecular complexity index is 7020. The predicted octanol–water partition coefficient (Wildman–Crippen LogP) is 15.6. The van der Waals surface area contributed by atoms with Crippen LogP contribution in [-0.4, -0.2) is 189 Å². The molecule has 0 amide bonds. The fourth-order valence-electron chi connectivity index (χ4n) is 16.3. The molecule has 0 unspecified atom stereocenters. The Morgan fingerprint density at radius 2 is 0.804 bits per heavy atom. The minimum atomic E-state index is -0.955. The normalized spacial score (nSPS) is 15.6. The second-order valence-corrected chi connectivity index (χ2v) is 35.3. The molecule has 3 atom stereocenters. The number of carbonyl (C=O) groups is 3. The number of aliphatic hydroxyl groups excluding tert-OH is 2. The number of aliphatic hydroxyl groups is 2. The van der Waals surface area contributed by atoms with Gasteiger partial charge in [-0.05, 0) is 219 Å². The number of ether oxygens (including phenoxy) is 7. The largest absolute Gasteiger partial charge is 1.00 e. The first-order chi connectivity index (χ1) is 68.5. The molecule has 12 heterocycles. The number of aromatic carboxylic acids is 1. The Labute approximate surface area is 856 Å². The van der Waals surface area contributed by atoms with Crippen LogP contribution in [0.2, 0.25) is 0 Å². The van der Waals surface area contributed by atoms with E-state index in [4.69, 9.17) is 69.7 Å². The van der Waals surface area contributed by atoms with Gasteiger partial charge < -0.3 is 67.7 Å². The van der Waals surface area contributed by atoms with Crippen LogP contribution in [0.25, 0.3) is 49.8 Å². The minimum Gasteiger partial charge on any atom is -0.870 e. The number of halogens is 6. The average Bonchev–Trinajstić information content (AvgIpc) is 1.64. The number of esters is 2. The second-order valence-electron chi connectivity index (χ2n) is 33.6. The zero-order valence-electron chi connectivity index (χ0n) is 80.1. The maximum Gasteiger partial charge on any atom is 1.00 e. The third-order valence-corrected chi connectivity index (χ3v) is 25.1. The van der Waals surface area contributed by atoms with Crippen molar-refractivity contribution in [3.05, 3.63) is 323 Å². The number of hydrogen-bond acceptors (Lipinski definition) is 22. The second kappa shape index (κ2) is 53.2. The molecule has 4 N–H and O–H groups in total. The Kier molecular flexibility index (Phi) is 40.4. The Morgan fingerprint density at radius 3 is 1.13 bits per heavy atom. The molecule has 0 bridgehead atoms. The van der Waals surface area contributed by atoms with Gasteiger partial charge in [0.15, 0.2) is 0 Å². The summed E-state index contributed by atoms with van der Waals surface area (Å²) in [5.74, 6) is 16.2. The Morgan fingerprint density at radius 1 is 0.455 bits per heavy atom. The number of hydrogen-bond donors (Lipinski definition) is 3. The van der Waals surface area contributed by atoms with Gasteiger partial charge in [-0.25, -0.2) is 61.8 Å². The molecule has 0 radical (unpaired) electrons. The Balaban J connectivity index is 0.000000170. The molecule has 3 saturated heterocycles. The van der Waals surface area contributed by atoms with E-state index < -0.39 is 17.6 Å². The van der Waals surface area contributed by atoms with Crippen molar-refractivity contribution in [2.24, 2.45) is 0 Å². The summed E-state index contributed by atoms with van der Waals surface area (Å²) in [6.07, 6.45) is 22.6. The number of benzene rings is 7. The van der Waals surface area contributed by atoms with Gasteiger partial charge >= 0.3 is 36.8 Å². The fraction of sp³-hybridized carbons (Fsp3) is 0.300. The number of carbonyl (C=O) groups excluding carboxylic acids is 2. The van der Waals surface area contributed by atoms with Crippen LogP contribution in [0.1, 0.15) is 164 Å². The van der Waals surface area contributed by atoms with E-state index in [1.54, 1.807) is 106 Å². The predicted molar refractivity (Wildman–Crippen MR) is 539 cm³/mol. The van der Waals surface area contributed by atoms with Crippen LogP contribution in [0, 0.1) is 71.6 Å². The number of carboxylic acid groups (broad SMARTS) is 1. The van der Waals surface area contributed by atoms with Crippen LogP contribution in [0.4, 0.5) is 17.6 Å². The third kappa shape index (κ3) is 29.3. The first-order valence-corrected chi connectivity index (χ1v) is 47.6. The summed E-state index contributed by atoms with van der Waals surface area (Å²) in [7, 11) is 2.79. The van der Waals surface area contributed by atoms with Crippen molar-refractivity contribution in [3.8, 4) is 60.1 Å². The van der Waals surface area contributed by atoms with E-state index in [1.807, 2.05) is 60.7 Å². The minimum absolute atomic E-state index is 0. The summed E-state index contributed by atoms with van der Waals surface area (Å²) in [6, 6.07) is 52.1. The molecule has 143 heavy (non-hydrogen) atoms. The van der Waals surface area contributed by atoms with E-state index >= 15 is 0 Å². The van der Waals surface area contributed by atoms with Crippen LogP contribution < -0.4 is 28.3 Å². The van der Waals surface area contributed by atoms with Gasteiger partial charge in [-0.3, -0.25) is 14.7 Å². The molecule has 0 saturated carbocycles. The van der Waals surface area contributed by atoms with Gasteiger partial charge in [-0.1, -0.05) is 94.4 Å². The van der Waals surface area contributed by atoms with Gasteiger partial charge in [0.1, 0.15) is 58.6 Å². The van der Waals surface area contributed by atoms with Crippen LogP contribution in [0.3, 0.4) is 0 Å². The van der Waals surface area contributed by atoms with Crippen molar-refractivity contribution in [3.63, 3.8) is 0 Å². The molecule has 33 heteroatoms. The standard InChI is InChI=1S/C34H33FN4O4.C32H29FN4O4.C24H25BrN4O3.C10H9FO.C7H6BrFO.C3H4.Li.H2O/c1-3-5-23-8-9-26(28(35)18-23)22-43-33-7-4-6-29(37-33)24-12-15-38(16-13-24)21-32-36-30-11-10-25(34(40)41-2)19-31(30)39(32)20-27-14-17-42-27;1-2-21-6-7-24(26(33)16-21)20-41-31-5-3-4-27(35-31)22-10-13-36(14-11-22)19-30-34-28-9-8-23(32(38)39)17-29(28)37(30)18-25-12-15-40-25;1-31-24(30)17-5-6-20-21(13-17)29(14-18-9-12-32-18)23(27-20)15-28-10-7-16(8-11-28)19-3-2-4-22(25)26-19;1-2-3-8-4-5-9(7-12)10(11)6-8;8-6-2-1-5(4-10)7(9)3-6;1-3-2;;/h4,6-12,18-19,27H,13-17,20-22H2,1-2H3;1,3-10,16-17,25H,11-15,18-20H2,(H,38,39);2-7,13,18H,8-12,14-15H2,1H3;4-6,12H,7H2,1H3;1-3,10H,4H2;1H,2H3;;1H2/q;;;;;;+1;/p-1/t27-;25-;18-;;;;;/m000...../s1. The monoisotopic (exact) mass is 2060 g/mol. The van der Waals surface area contributed by atoms with Crippen molar-refractivity contribution >= 4 is 99.6 Å². The maximum atomic E-state index is 14.5. The van der Waals surface area contributed by atoms with E-state index in [2.05, 4.69) is 136 Å². The number of methoxy groups -OCH3 is 2. The van der Waals surface area contributed by atoms with Gasteiger partial charge in [0.05, 0.1) is 152 Å². The molecular formula is C110H107Br2F4LiN12O14. The molecule has 0 aliphatic carbocycles. The first kappa shape index (κ1) is 109. The van der Waals surface area contributed by atoms with Gasteiger partial charge in [-0.2, -0.15) is 0 Å². The molecule has 6 aliphatic heterocycles. The molecule has 6 aliphatic rings. The summed E-state index contributed by atoms with van der Waals surface area (Å²) < 4.78 is 101. The molecule has 26 nitrogen and oxygen atoms in total. The fourth-order valence-corrected chi connectivity index (χ4v) is 17.0. The van der Waals surface area contributed by atoms with Crippen LogP contribution in [0.15, 0.2) is 209 Å². The van der Waals surface area contributed by atoms with E-state index in [9.17, 15) is 37.1 Å². The van der Waals surface area contributed by atoms with Crippen LogP contribution >= 0.6 is 31.9 Å². The molecule has 3 fully saturated rings. The molecular weight excluding hydrogens is 1960 g/mol. The number of terminal acetylenes is 2. The first-order valence-electron chi connectivity index (χ1n) is 46.0. The van der Waals surface area contributed by atoms with Crippen molar-refractivity contribution in [1.29, 1.82) is 0 Å². The van der Waals surface area contributed by atoms with Gasteiger partial charge in [0.25, 0.3) is 0 Å². The molecule has 0 spiro atoms. The quantitative estimate of drug-likeness (QED) is 0.0149. The smallest absolute Gasteiger partial charge is 0.870 e. The summed E-state index contributed by atoms with van der Waals surface area (Å²) in [5, 5.41) is 26.7. The number of carboxylic acids is 1. The average molecular weight is 2060 g/mol. The maximum absolute atomic E-state index is 14.5. The van der Waals surface area contributed by atoms with Crippen molar-refractivity contribution < 1.29 is 105 Å². The van der Waals surface area contributed by atoms with Crippen LogP contribution in [0.5, 0.6) is 11.8 Å². The summed E-state index contributed by atoms with van der Waals surface area (Å²) in [5.41, 5.74) is 16.0. The third-order valence-electron chi connectivity index (χ3n) is 24.2. The molecule has 19 rings (SSSR count). The van der Waals surface area contributed by atoms with Gasteiger partial charge in [0, 0.05) is 115 Å². The number of fused-ring (bicyclic) bond motifs is 3. The number of imidazole rings is 3. The van der Waals surface area contributed by atoms with E-state index in [0.717, 1.165) is 194 Å². The topological polar surface area (TPSA) is 308 Å². The van der Waals surface area contributed by atoms with Crippen molar-refractivity contribution in [1.82, 2.24) is 58.3 Å². The Hall–Kier alpha value is -13.2. The van der Waals surface area contributed by atoms with Gasteiger partial charge in [-0.15, -0.1) is 30.6 Å². The number of pyridine rings is 3. The van der Waals surface area contributed by atoms with E-state index in [1.165, 1.54) is 50.1 Å². The SMILES string of the molecule is C#CC.C#Cc1ccc(COc2cccc(C3=CCN(Cc4nc5ccc(C(=O)O)cc5n4C[C@@H]4CCO4)CC3)n2)c(F)c1.CC#Cc1ccc(CO)c(F)c1.CC#Cc1ccc(COc2cccc(C3=CCN(Cc4nc5ccc(C(=O)OC)cc5n4C[C@@H]4CCO4)CC3)n2)c(F)c1.COC(=O)c1ccc2nc(CN3CC=C(c4cccc(Br)n4)CC3)n(C[C@@H]3CCO3)c2c1.OCc1ccc(Br)cc1F.[Li+].[OH-]. The molecule has 7 aromatic carbocycles. The van der Waals surface area contributed by atoms with E-state index in [-0.39, 0.29) is 98.2 Å².